The van der Waals surface area contributed by atoms with Crippen molar-refractivity contribution in [3.8, 4) is 17.6 Å². The summed E-state index contributed by atoms with van der Waals surface area (Å²) in [5.74, 6) is 0.981. The second-order valence-corrected chi connectivity index (χ2v) is 5.97. The van der Waals surface area contributed by atoms with Gasteiger partial charge in [-0.15, -0.1) is 0 Å². The van der Waals surface area contributed by atoms with Crippen LogP contribution in [0.3, 0.4) is 0 Å². The van der Waals surface area contributed by atoms with Crippen molar-refractivity contribution in [2.45, 2.75) is 13.8 Å². The summed E-state index contributed by atoms with van der Waals surface area (Å²) in [5, 5.41) is 19.8. The lowest BCUT2D eigenvalue weighted by Gasteiger charge is -2.06. The number of H-pyrrole nitrogens is 1. The van der Waals surface area contributed by atoms with Gasteiger partial charge in [-0.1, -0.05) is 0 Å². The monoisotopic (exact) mass is 347 g/mol. The van der Waals surface area contributed by atoms with Crippen LogP contribution in [-0.2, 0) is 0 Å². The minimum atomic E-state index is -0.344. The maximum absolute atomic E-state index is 12.4. The molecule has 0 aliphatic carbocycles. The highest BCUT2D eigenvalue weighted by atomic mass is 16.5. The number of hydrogen-bond acceptors (Lipinski definition) is 5. The normalized spacial score (nSPS) is 11.4. The highest BCUT2D eigenvalue weighted by molar-refractivity contribution is 5.89. The fourth-order valence-electron chi connectivity index (χ4n) is 2.77. The summed E-state index contributed by atoms with van der Waals surface area (Å²) in [6, 6.07) is 10.6. The van der Waals surface area contributed by atoms with Crippen molar-refractivity contribution in [3.05, 3.63) is 63.2 Å². The summed E-state index contributed by atoms with van der Waals surface area (Å²) in [7, 11) is 1.52. The first-order valence-electron chi connectivity index (χ1n) is 7.93. The molecule has 2 N–H and O–H groups in total. The average Bonchev–Trinajstić information content (AvgIpc) is 2.63. The molecular formula is C20H17N3O3. The summed E-state index contributed by atoms with van der Waals surface area (Å²) in [4.78, 5) is 19.4. The van der Waals surface area contributed by atoms with Gasteiger partial charge in [-0.05, 0) is 66.9 Å². The molecule has 0 aliphatic rings. The van der Waals surface area contributed by atoms with E-state index in [2.05, 4.69) is 16.0 Å². The van der Waals surface area contributed by atoms with Gasteiger partial charge in [-0.3, -0.25) is 4.79 Å². The van der Waals surface area contributed by atoms with E-state index in [9.17, 15) is 15.2 Å². The van der Waals surface area contributed by atoms with E-state index in [0.717, 1.165) is 5.56 Å². The second-order valence-electron chi connectivity index (χ2n) is 5.97. The molecule has 1 aromatic heterocycles. The fraction of sp³-hybridized carbons (Fsp3) is 0.150. The number of aromatic hydroxyl groups is 1. The number of rotatable bonds is 3. The maximum Gasteiger partial charge on any atom is 0.259 e. The van der Waals surface area contributed by atoms with Crippen LogP contribution in [0.25, 0.3) is 22.6 Å². The number of phenols is 1. The number of aromatic amines is 1. The van der Waals surface area contributed by atoms with Gasteiger partial charge >= 0.3 is 0 Å². The number of benzene rings is 2. The van der Waals surface area contributed by atoms with Crippen molar-refractivity contribution in [1.82, 2.24) is 9.97 Å². The number of nitrogens with one attached hydrogen (secondary N) is 1. The number of aryl methyl sites for hydroxylation is 2. The zero-order chi connectivity index (χ0) is 18.8. The Bertz CT molecular complexity index is 1110. The van der Waals surface area contributed by atoms with Crippen molar-refractivity contribution < 1.29 is 9.84 Å². The van der Waals surface area contributed by atoms with E-state index < -0.39 is 0 Å². The number of nitrogens with zero attached hydrogens (tertiary/aromatic N) is 2. The van der Waals surface area contributed by atoms with Crippen molar-refractivity contribution in [1.29, 1.82) is 5.26 Å². The Kier molecular flexibility index (Phi) is 4.46. The molecule has 6 heteroatoms. The Morgan fingerprint density at radius 2 is 1.96 bits per heavy atom. The number of allylic oxidation sites excluding steroid dienone is 1. The van der Waals surface area contributed by atoms with Crippen LogP contribution in [0.1, 0.15) is 22.5 Å². The van der Waals surface area contributed by atoms with E-state index in [1.54, 1.807) is 50.3 Å². The molecule has 0 saturated heterocycles. The van der Waals surface area contributed by atoms with Crippen molar-refractivity contribution in [2.75, 3.05) is 7.11 Å². The first-order valence-corrected chi connectivity index (χ1v) is 7.93. The molecule has 6 nitrogen and oxygen atoms in total. The quantitative estimate of drug-likeness (QED) is 0.708. The molecule has 0 amide bonds. The molecule has 0 saturated carbocycles. The van der Waals surface area contributed by atoms with Gasteiger partial charge in [-0.25, -0.2) is 4.98 Å². The Morgan fingerprint density at radius 1 is 1.27 bits per heavy atom. The molecule has 1 heterocycles. The van der Waals surface area contributed by atoms with E-state index in [4.69, 9.17) is 4.74 Å². The van der Waals surface area contributed by atoms with E-state index in [0.29, 0.717) is 27.8 Å². The van der Waals surface area contributed by atoms with E-state index in [-0.39, 0.29) is 22.7 Å². The lowest BCUT2D eigenvalue weighted by atomic mass is 10.0. The van der Waals surface area contributed by atoms with Gasteiger partial charge in [0.2, 0.25) is 0 Å². The lowest BCUT2D eigenvalue weighted by Crippen LogP contribution is -2.11. The zero-order valence-electron chi connectivity index (χ0n) is 14.6. The van der Waals surface area contributed by atoms with Crippen molar-refractivity contribution in [3.63, 3.8) is 0 Å². The number of ether oxygens (including phenoxy) is 1. The Labute approximate surface area is 150 Å². The standard InChI is InChI=1S/C20H17N3O3/c1-11-6-13(7-12(2)18(11)24)8-14(10-21)19-22-17-5-4-15(26-3)9-16(17)20(25)23-19/h4-9,24H,1-3H3,(H,22,23,25). The number of aromatic nitrogens is 2. The second kappa shape index (κ2) is 6.73. The number of nitriles is 1. The van der Waals surface area contributed by atoms with Crippen LogP contribution in [0, 0.1) is 25.2 Å². The van der Waals surface area contributed by atoms with Gasteiger partial charge in [0.25, 0.3) is 5.56 Å². The molecule has 0 aliphatic heterocycles. The molecule has 0 bridgehead atoms. The molecule has 0 spiro atoms. The molecule has 3 rings (SSSR count). The van der Waals surface area contributed by atoms with Crippen LogP contribution in [0.5, 0.6) is 11.5 Å². The fourth-order valence-corrected chi connectivity index (χ4v) is 2.77. The molecule has 0 atom stereocenters. The molecule has 0 unspecified atom stereocenters. The molecule has 3 aromatic rings. The summed E-state index contributed by atoms with van der Waals surface area (Å²) in [5.41, 5.74) is 2.52. The third-order valence-corrected chi connectivity index (χ3v) is 4.11. The first-order chi connectivity index (χ1) is 12.4. The number of phenolic OH excluding ortho intramolecular Hbond substituents is 1. The zero-order valence-corrected chi connectivity index (χ0v) is 14.6. The minimum absolute atomic E-state index is 0.193. The van der Waals surface area contributed by atoms with Crippen LogP contribution < -0.4 is 10.3 Å². The van der Waals surface area contributed by atoms with Crippen LogP contribution >= 0.6 is 0 Å². The van der Waals surface area contributed by atoms with Gasteiger partial charge in [0.15, 0.2) is 5.82 Å². The topological polar surface area (TPSA) is 99.0 Å². The molecule has 0 fully saturated rings. The van der Waals surface area contributed by atoms with E-state index in [1.807, 2.05) is 0 Å². The van der Waals surface area contributed by atoms with Crippen LogP contribution in [0.4, 0.5) is 0 Å². The number of fused-ring (bicyclic) bond motifs is 1. The third-order valence-electron chi connectivity index (χ3n) is 4.11. The van der Waals surface area contributed by atoms with Crippen molar-refractivity contribution >= 4 is 22.6 Å². The Morgan fingerprint density at radius 3 is 2.58 bits per heavy atom. The summed E-state index contributed by atoms with van der Waals surface area (Å²) in [6.45, 7) is 3.57. The average molecular weight is 347 g/mol. The van der Waals surface area contributed by atoms with Crippen LogP contribution in [-0.4, -0.2) is 22.2 Å². The first kappa shape index (κ1) is 17.2. The lowest BCUT2D eigenvalue weighted by molar-refractivity contribution is 0.415. The number of methoxy groups -OCH3 is 1. The minimum Gasteiger partial charge on any atom is -0.507 e. The number of hydrogen-bond donors (Lipinski definition) is 2. The smallest absolute Gasteiger partial charge is 0.259 e. The SMILES string of the molecule is COc1ccc2nc(C(C#N)=Cc3cc(C)c(O)c(C)c3)[nH]c(=O)c2c1. The summed E-state index contributed by atoms with van der Waals surface area (Å²) in [6.07, 6.45) is 1.63. The molecule has 0 radical (unpaired) electrons. The third kappa shape index (κ3) is 3.15. The predicted octanol–water partition coefficient (Wildman–Crippen LogP) is 3.32. The Hall–Kier alpha value is -3.59. The van der Waals surface area contributed by atoms with Gasteiger partial charge in [0, 0.05) is 0 Å². The highest BCUT2D eigenvalue weighted by Gasteiger charge is 2.10. The molecular weight excluding hydrogens is 330 g/mol. The van der Waals surface area contributed by atoms with E-state index >= 15 is 0 Å². The largest absolute Gasteiger partial charge is 0.507 e. The highest BCUT2D eigenvalue weighted by Crippen LogP contribution is 2.25. The van der Waals surface area contributed by atoms with Gasteiger partial charge < -0.3 is 14.8 Å². The van der Waals surface area contributed by atoms with Gasteiger partial charge in [0.1, 0.15) is 17.6 Å². The molecule has 26 heavy (non-hydrogen) atoms. The predicted molar refractivity (Wildman–Crippen MR) is 100.0 cm³/mol. The van der Waals surface area contributed by atoms with Crippen LogP contribution in [0.15, 0.2) is 35.1 Å². The molecule has 2 aromatic carbocycles. The maximum atomic E-state index is 12.4. The Balaban J connectivity index is 2.14. The summed E-state index contributed by atoms with van der Waals surface area (Å²) >= 11 is 0. The van der Waals surface area contributed by atoms with E-state index in [1.165, 1.54) is 7.11 Å². The van der Waals surface area contributed by atoms with Crippen molar-refractivity contribution in [2.24, 2.45) is 0 Å². The summed E-state index contributed by atoms with van der Waals surface area (Å²) < 4.78 is 5.12. The molecule has 130 valence electrons. The van der Waals surface area contributed by atoms with Crippen LogP contribution in [0.2, 0.25) is 0 Å². The van der Waals surface area contributed by atoms with Gasteiger partial charge in [-0.2, -0.15) is 5.26 Å². The van der Waals surface area contributed by atoms with Gasteiger partial charge in [0.05, 0.1) is 23.6 Å².